The van der Waals surface area contributed by atoms with E-state index >= 15 is 0 Å². The molecule has 0 amide bonds. The smallest absolute Gasteiger partial charge is 0.138 e. The molecule has 1 heterocycles. The molecule has 0 saturated heterocycles. The van der Waals surface area contributed by atoms with Crippen LogP contribution < -0.4 is 0 Å². The Labute approximate surface area is 101 Å². The number of Topliss-reactive ketones (excluding diaryl/α,β-unsaturated/α-hetero) is 1. The van der Waals surface area contributed by atoms with Crippen molar-refractivity contribution in [1.82, 2.24) is 0 Å². The van der Waals surface area contributed by atoms with Crippen LogP contribution in [0.15, 0.2) is 17.5 Å². The molecule has 1 aromatic heterocycles. The number of ketones is 1. The maximum absolute atomic E-state index is 11.9. The molecule has 2 aliphatic rings. The largest absolute Gasteiger partial charge is 0.299 e. The summed E-state index contributed by atoms with van der Waals surface area (Å²) in [6.45, 7) is 0. The van der Waals surface area contributed by atoms with Gasteiger partial charge in [-0.25, -0.2) is 0 Å². The van der Waals surface area contributed by atoms with Gasteiger partial charge in [-0.3, -0.25) is 4.79 Å². The SMILES string of the molecule is O=C(Cc1cccs1)CC1CC2CCC1C2. The lowest BCUT2D eigenvalue weighted by Gasteiger charge is -2.20. The Morgan fingerprint density at radius 2 is 2.31 bits per heavy atom. The molecule has 2 fully saturated rings. The van der Waals surface area contributed by atoms with Gasteiger partial charge in [-0.1, -0.05) is 12.5 Å². The van der Waals surface area contributed by atoms with E-state index in [2.05, 4.69) is 11.4 Å². The third kappa shape index (κ3) is 2.08. The summed E-state index contributed by atoms with van der Waals surface area (Å²) in [6.07, 6.45) is 7.09. The molecule has 0 aliphatic heterocycles. The van der Waals surface area contributed by atoms with Crippen LogP contribution in [0.1, 0.15) is 37.0 Å². The summed E-state index contributed by atoms with van der Waals surface area (Å²) in [6, 6.07) is 4.11. The normalized spacial score (nSPS) is 32.1. The summed E-state index contributed by atoms with van der Waals surface area (Å²) in [4.78, 5) is 13.2. The average molecular weight is 234 g/mol. The van der Waals surface area contributed by atoms with Crippen molar-refractivity contribution in [3.63, 3.8) is 0 Å². The quantitative estimate of drug-likeness (QED) is 0.776. The van der Waals surface area contributed by atoms with E-state index < -0.39 is 0 Å². The first kappa shape index (κ1) is 10.5. The summed E-state index contributed by atoms with van der Waals surface area (Å²) in [5, 5.41) is 2.06. The fraction of sp³-hybridized carbons (Fsp3) is 0.643. The van der Waals surface area contributed by atoms with Gasteiger partial charge in [0.05, 0.1) is 0 Å². The minimum absolute atomic E-state index is 0.458. The van der Waals surface area contributed by atoms with Gasteiger partial charge in [-0.05, 0) is 48.5 Å². The first-order valence-corrected chi connectivity index (χ1v) is 7.23. The van der Waals surface area contributed by atoms with Crippen LogP contribution in [0.3, 0.4) is 0 Å². The lowest BCUT2D eigenvalue weighted by molar-refractivity contribution is -0.119. The third-order valence-corrected chi connectivity index (χ3v) is 5.20. The Balaban J connectivity index is 1.53. The summed E-state index contributed by atoms with van der Waals surface area (Å²) in [7, 11) is 0. The number of carbonyl (C=O) groups excluding carboxylic acids is 1. The van der Waals surface area contributed by atoms with Gasteiger partial charge in [0.2, 0.25) is 0 Å². The first-order chi connectivity index (χ1) is 7.81. The second-order valence-electron chi connectivity index (χ2n) is 5.43. The van der Waals surface area contributed by atoms with Crippen molar-refractivity contribution in [3.8, 4) is 0 Å². The van der Waals surface area contributed by atoms with E-state index in [9.17, 15) is 4.79 Å². The number of hydrogen-bond donors (Lipinski definition) is 0. The van der Waals surface area contributed by atoms with Gasteiger partial charge < -0.3 is 0 Å². The Morgan fingerprint density at radius 3 is 2.94 bits per heavy atom. The van der Waals surface area contributed by atoms with Crippen molar-refractivity contribution >= 4 is 17.1 Å². The fourth-order valence-electron chi connectivity index (χ4n) is 3.60. The average Bonchev–Trinajstić information content (AvgIpc) is 2.92. The van der Waals surface area contributed by atoms with Crippen LogP contribution in [0.25, 0.3) is 0 Å². The lowest BCUT2D eigenvalue weighted by atomic mass is 9.85. The molecule has 0 N–H and O–H groups in total. The molecule has 1 nitrogen and oxygen atoms in total. The zero-order chi connectivity index (χ0) is 11.0. The number of carbonyl (C=O) groups is 1. The molecule has 2 aliphatic carbocycles. The van der Waals surface area contributed by atoms with E-state index in [-0.39, 0.29) is 0 Å². The number of fused-ring (bicyclic) bond motifs is 2. The van der Waals surface area contributed by atoms with Gasteiger partial charge >= 0.3 is 0 Å². The summed E-state index contributed by atoms with van der Waals surface area (Å²) in [5.74, 6) is 3.04. The highest BCUT2D eigenvalue weighted by Gasteiger charge is 2.39. The standard InChI is InChI=1S/C14H18OS/c15-13(9-14-2-1-5-16-14)8-12-7-10-3-4-11(12)6-10/h1-2,5,10-12H,3-4,6-9H2. The van der Waals surface area contributed by atoms with Gasteiger partial charge in [0.15, 0.2) is 0 Å². The Hall–Kier alpha value is -0.630. The molecule has 1 aromatic rings. The van der Waals surface area contributed by atoms with Crippen molar-refractivity contribution in [2.24, 2.45) is 17.8 Å². The highest BCUT2D eigenvalue weighted by atomic mass is 32.1. The highest BCUT2D eigenvalue weighted by molar-refractivity contribution is 7.10. The van der Waals surface area contributed by atoms with Gasteiger partial charge in [-0.2, -0.15) is 0 Å². The molecule has 3 atom stereocenters. The summed E-state index contributed by atoms with van der Waals surface area (Å²) in [5.41, 5.74) is 0. The van der Waals surface area contributed by atoms with Gasteiger partial charge in [-0.15, -0.1) is 11.3 Å². The van der Waals surface area contributed by atoms with E-state index in [1.807, 2.05) is 6.07 Å². The second-order valence-corrected chi connectivity index (χ2v) is 6.47. The summed E-state index contributed by atoms with van der Waals surface area (Å²) < 4.78 is 0. The van der Waals surface area contributed by atoms with E-state index in [0.29, 0.717) is 12.2 Å². The lowest BCUT2D eigenvalue weighted by Crippen LogP contribution is -2.16. The Kier molecular flexibility index (Phi) is 2.84. The van der Waals surface area contributed by atoms with E-state index in [1.54, 1.807) is 11.3 Å². The second kappa shape index (κ2) is 4.33. The van der Waals surface area contributed by atoms with E-state index in [0.717, 1.165) is 24.2 Å². The molecule has 2 saturated carbocycles. The molecule has 0 radical (unpaired) electrons. The minimum atomic E-state index is 0.458. The molecule has 16 heavy (non-hydrogen) atoms. The first-order valence-electron chi connectivity index (χ1n) is 6.35. The monoisotopic (exact) mass is 234 g/mol. The highest BCUT2D eigenvalue weighted by Crippen LogP contribution is 2.49. The van der Waals surface area contributed by atoms with E-state index in [1.165, 1.54) is 30.6 Å². The molecule has 2 bridgehead atoms. The van der Waals surface area contributed by atoms with Crippen LogP contribution in [0.5, 0.6) is 0 Å². The maximum atomic E-state index is 11.9. The van der Waals surface area contributed by atoms with Gasteiger partial charge in [0.25, 0.3) is 0 Å². The molecule has 3 unspecified atom stereocenters. The predicted molar refractivity (Wildman–Crippen MR) is 66.6 cm³/mol. The van der Waals surface area contributed by atoms with Crippen LogP contribution in [0.4, 0.5) is 0 Å². The van der Waals surface area contributed by atoms with Gasteiger partial charge in [0, 0.05) is 17.7 Å². The Morgan fingerprint density at radius 1 is 1.38 bits per heavy atom. The van der Waals surface area contributed by atoms with Crippen molar-refractivity contribution in [2.75, 3.05) is 0 Å². The van der Waals surface area contributed by atoms with Crippen molar-refractivity contribution in [2.45, 2.75) is 38.5 Å². The molecule has 86 valence electrons. The number of hydrogen-bond acceptors (Lipinski definition) is 2. The summed E-state index contributed by atoms with van der Waals surface area (Å²) >= 11 is 1.70. The van der Waals surface area contributed by atoms with Crippen LogP contribution in [-0.2, 0) is 11.2 Å². The van der Waals surface area contributed by atoms with Gasteiger partial charge in [0.1, 0.15) is 5.78 Å². The Bertz CT molecular complexity index is 368. The minimum Gasteiger partial charge on any atom is -0.299 e. The topological polar surface area (TPSA) is 17.1 Å². The van der Waals surface area contributed by atoms with Crippen molar-refractivity contribution < 1.29 is 4.79 Å². The van der Waals surface area contributed by atoms with Crippen molar-refractivity contribution in [1.29, 1.82) is 0 Å². The molecular formula is C14H18OS. The van der Waals surface area contributed by atoms with Crippen LogP contribution in [0.2, 0.25) is 0 Å². The molecule has 3 rings (SSSR count). The van der Waals surface area contributed by atoms with Crippen LogP contribution in [-0.4, -0.2) is 5.78 Å². The van der Waals surface area contributed by atoms with Crippen molar-refractivity contribution in [3.05, 3.63) is 22.4 Å². The fourth-order valence-corrected chi connectivity index (χ4v) is 4.33. The predicted octanol–water partition coefficient (Wildman–Crippen LogP) is 3.69. The van der Waals surface area contributed by atoms with E-state index in [4.69, 9.17) is 0 Å². The number of thiophene rings is 1. The molecule has 0 aromatic carbocycles. The van der Waals surface area contributed by atoms with Crippen LogP contribution in [0, 0.1) is 17.8 Å². The molecular weight excluding hydrogens is 216 g/mol. The maximum Gasteiger partial charge on any atom is 0.138 e. The zero-order valence-corrected chi connectivity index (χ0v) is 10.3. The molecule has 0 spiro atoms. The zero-order valence-electron chi connectivity index (χ0n) is 9.52. The third-order valence-electron chi connectivity index (χ3n) is 4.33. The molecule has 2 heteroatoms. The number of rotatable bonds is 4. The van der Waals surface area contributed by atoms with Crippen LogP contribution >= 0.6 is 11.3 Å².